The molecule has 0 radical (unpaired) electrons. The Morgan fingerprint density at radius 3 is 2.38 bits per heavy atom. The summed E-state index contributed by atoms with van der Waals surface area (Å²) < 4.78 is 0. The molecule has 0 aliphatic heterocycles. The van der Waals surface area contributed by atoms with Crippen molar-refractivity contribution in [3.63, 3.8) is 0 Å². The summed E-state index contributed by atoms with van der Waals surface area (Å²) >= 11 is 0. The van der Waals surface area contributed by atoms with Crippen LogP contribution in [-0.2, 0) is 6.42 Å². The predicted molar refractivity (Wildman–Crippen MR) is 94.2 cm³/mol. The van der Waals surface area contributed by atoms with Crippen molar-refractivity contribution < 1.29 is 0 Å². The predicted octanol–water partition coefficient (Wildman–Crippen LogP) is 2.59. The van der Waals surface area contributed by atoms with Gasteiger partial charge in [-0.15, -0.1) is 10.2 Å². The smallest absolute Gasteiger partial charge is 0.274 e. The van der Waals surface area contributed by atoms with Crippen LogP contribution in [0.4, 0.5) is 5.95 Å². The van der Waals surface area contributed by atoms with Crippen LogP contribution in [0.25, 0.3) is 0 Å². The Morgan fingerprint density at radius 2 is 1.71 bits per heavy atom. The highest BCUT2D eigenvalue weighted by Crippen LogP contribution is 2.04. The number of benzene rings is 2. The van der Waals surface area contributed by atoms with Gasteiger partial charge in [0, 0.05) is 6.42 Å². The number of rotatable bonds is 5. The van der Waals surface area contributed by atoms with Gasteiger partial charge in [-0.05, 0) is 18.1 Å². The molecule has 6 nitrogen and oxygen atoms in total. The summed E-state index contributed by atoms with van der Waals surface area (Å²) in [5.41, 5.74) is 5.61. The fourth-order valence-electron chi connectivity index (χ4n) is 2.20. The van der Waals surface area contributed by atoms with E-state index in [1.54, 1.807) is 0 Å². The summed E-state index contributed by atoms with van der Waals surface area (Å²) in [6.45, 7) is 1.87. The molecule has 2 N–H and O–H groups in total. The molecule has 0 aliphatic carbocycles. The first-order valence-corrected chi connectivity index (χ1v) is 7.58. The lowest BCUT2D eigenvalue weighted by Gasteiger charge is -2.03. The molecule has 0 unspecified atom stereocenters. The summed E-state index contributed by atoms with van der Waals surface area (Å²) in [6, 6.07) is 19.4. The highest BCUT2D eigenvalue weighted by atomic mass is 16.1. The summed E-state index contributed by atoms with van der Waals surface area (Å²) in [7, 11) is 0. The van der Waals surface area contributed by atoms with Gasteiger partial charge in [-0.3, -0.25) is 9.78 Å². The third-order valence-corrected chi connectivity index (χ3v) is 3.50. The van der Waals surface area contributed by atoms with Crippen molar-refractivity contribution in [2.24, 2.45) is 5.10 Å². The van der Waals surface area contributed by atoms with Crippen molar-refractivity contribution in [2.75, 3.05) is 5.43 Å². The molecule has 6 heteroatoms. The minimum atomic E-state index is -0.274. The molecule has 0 amide bonds. The Kier molecular flexibility index (Phi) is 4.76. The first-order chi connectivity index (χ1) is 11.7. The van der Waals surface area contributed by atoms with E-state index in [1.165, 1.54) is 0 Å². The Hall–Kier alpha value is -3.28. The molecule has 3 aromatic rings. The zero-order valence-electron chi connectivity index (χ0n) is 13.2. The molecule has 120 valence electrons. The maximum absolute atomic E-state index is 12.1. The molecule has 0 saturated carbocycles. The molecule has 0 bridgehead atoms. The van der Waals surface area contributed by atoms with Gasteiger partial charge in [-0.25, -0.2) is 5.43 Å². The summed E-state index contributed by atoms with van der Waals surface area (Å²) in [5.74, 6) is 0.215. The van der Waals surface area contributed by atoms with Gasteiger partial charge in [0.25, 0.3) is 5.56 Å². The number of anilines is 1. The average molecular weight is 319 g/mol. The number of aromatic amines is 1. The van der Waals surface area contributed by atoms with Crippen LogP contribution in [0.1, 0.15) is 23.7 Å². The standard InChI is InChI=1S/C18H17N5O/c1-13(15-10-6-3-7-11-15)20-22-18-19-17(24)16(21-23-18)12-14-8-4-2-5-9-14/h2-11H,12H2,1H3,(H2,19,22,23,24). The molecule has 0 saturated heterocycles. The third-order valence-electron chi connectivity index (χ3n) is 3.50. The van der Waals surface area contributed by atoms with Gasteiger partial charge in [0.1, 0.15) is 5.69 Å². The molecule has 1 aromatic heterocycles. The zero-order chi connectivity index (χ0) is 16.8. The van der Waals surface area contributed by atoms with Crippen molar-refractivity contribution >= 4 is 11.7 Å². The minimum Gasteiger partial charge on any atom is -0.288 e. The van der Waals surface area contributed by atoms with Crippen LogP contribution in [0.3, 0.4) is 0 Å². The Balaban J connectivity index is 1.72. The van der Waals surface area contributed by atoms with Crippen molar-refractivity contribution in [2.45, 2.75) is 13.3 Å². The highest BCUT2D eigenvalue weighted by Gasteiger charge is 2.05. The summed E-state index contributed by atoms with van der Waals surface area (Å²) in [4.78, 5) is 14.8. The molecule has 0 fully saturated rings. The van der Waals surface area contributed by atoms with Crippen molar-refractivity contribution in [3.8, 4) is 0 Å². The maximum atomic E-state index is 12.1. The fourth-order valence-corrected chi connectivity index (χ4v) is 2.20. The second-order valence-electron chi connectivity index (χ2n) is 5.29. The van der Waals surface area contributed by atoms with Gasteiger partial charge >= 0.3 is 0 Å². The van der Waals surface area contributed by atoms with Gasteiger partial charge in [0.2, 0.25) is 5.95 Å². The average Bonchev–Trinajstić information content (AvgIpc) is 2.63. The summed E-state index contributed by atoms with van der Waals surface area (Å²) in [5, 5.41) is 12.2. The second kappa shape index (κ2) is 7.32. The highest BCUT2D eigenvalue weighted by molar-refractivity contribution is 5.98. The summed E-state index contributed by atoms with van der Waals surface area (Å²) in [6.07, 6.45) is 0.440. The fraction of sp³-hybridized carbons (Fsp3) is 0.111. The van der Waals surface area contributed by atoms with E-state index >= 15 is 0 Å². The normalized spacial score (nSPS) is 11.3. The first kappa shape index (κ1) is 15.6. The van der Waals surface area contributed by atoms with Gasteiger partial charge < -0.3 is 0 Å². The number of nitrogens with zero attached hydrogens (tertiary/aromatic N) is 3. The maximum Gasteiger partial charge on any atom is 0.274 e. The van der Waals surface area contributed by atoms with Crippen LogP contribution in [0.15, 0.2) is 70.6 Å². The Morgan fingerprint density at radius 1 is 1.04 bits per heavy atom. The number of aromatic nitrogens is 3. The molecule has 2 aromatic carbocycles. The molecule has 0 atom stereocenters. The van der Waals surface area contributed by atoms with E-state index in [0.29, 0.717) is 12.1 Å². The van der Waals surface area contributed by atoms with E-state index in [4.69, 9.17) is 0 Å². The monoisotopic (exact) mass is 319 g/mol. The number of nitrogens with one attached hydrogen (secondary N) is 2. The molecule has 24 heavy (non-hydrogen) atoms. The quantitative estimate of drug-likeness (QED) is 0.559. The molecule has 0 aliphatic rings. The van der Waals surface area contributed by atoms with Crippen LogP contribution in [0, 0.1) is 0 Å². The van der Waals surface area contributed by atoms with Gasteiger partial charge in [-0.1, -0.05) is 60.7 Å². The van der Waals surface area contributed by atoms with E-state index in [1.807, 2.05) is 67.6 Å². The molecular weight excluding hydrogens is 302 g/mol. The van der Waals surface area contributed by atoms with Crippen LogP contribution in [-0.4, -0.2) is 20.9 Å². The van der Waals surface area contributed by atoms with E-state index in [9.17, 15) is 4.79 Å². The van der Waals surface area contributed by atoms with Crippen LogP contribution in [0.2, 0.25) is 0 Å². The first-order valence-electron chi connectivity index (χ1n) is 7.58. The van der Waals surface area contributed by atoms with Gasteiger partial charge in [0.05, 0.1) is 5.71 Å². The molecule has 1 heterocycles. The second-order valence-corrected chi connectivity index (χ2v) is 5.29. The third kappa shape index (κ3) is 3.92. The lowest BCUT2D eigenvalue weighted by molar-refractivity contribution is 0.866. The van der Waals surface area contributed by atoms with Crippen LogP contribution >= 0.6 is 0 Å². The van der Waals surface area contributed by atoms with E-state index in [0.717, 1.165) is 16.8 Å². The van der Waals surface area contributed by atoms with Crippen molar-refractivity contribution in [1.29, 1.82) is 0 Å². The number of hydrogen-bond acceptors (Lipinski definition) is 5. The Bertz CT molecular complexity index is 888. The SMILES string of the molecule is CC(=NNc1nnc(Cc2ccccc2)c(=O)[nH]1)c1ccccc1. The van der Waals surface area contributed by atoms with Gasteiger partial charge in [-0.2, -0.15) is 5.10 Å². The van der Waals surface area contributed by atoms with Gasteiger partial charge in [0.15, 0.2) is 0 Å². The lowest BCUT2D eigenvalue weighted by Crippen LogP contribution is -2.19. The topological polar surface area (TPSA) is 83.0 Å². The van der Waals surface area contributed by atoms with Crippen LogP contribution in [0.5, 0.6) is 0 Å². The molecule has 3 rings (SSSR count). The van der Waals surface area contributed by atoms with E-state index in [2.05, 4.69) is 25.7 Å². The van der Waals surface area contributed by atoms with Crippen LogP contribution < -0.4 is 11.0 Å². The zero-order valence-corrected chi connectivity index (χ0v) is 13.2. The molecule has 0 spiro atoms. The van der Waals surface area contributed by atoms with E-state index in [-0.39, 0.29) is 11.5 Å². The van der Waals surface area contributed by atoms with Crippen molar-refractivity contribution in [1.82, 2.24) is 15.2 Å². The van der Waals surface area contributed by atoms with Crippen molar-refractivity contribution in [3.05, 3.63) is 87.8 Å². The Labute approximate surface area is 139 Å². The number of hydrazone groups is 1. The lowest BCUT2D eigenvalue weighted by atomic mass is 10.1. The minimum absolute atomic E-state index is 0.215. The molecular formula is C18H17N5O. The van der Waals surface area contributed by atoms with E-state index < -0.39 is 0 Å². The number of hydrogen-bond donors (Lipinski definition) is 2. The largest absolute Gasteiger partial charge is 0.288 e. The number of H-pyrrole nitrogens is 1.